The maximum Gasteiger partial charge on any atom is 0.0575 e. The van der Waals surface area contributed by atoms with Gasteiger partial charge in [0.2, 0.25) is 0 Å². The first-order chi connectivity index (χ1) is 18.3. The van der Waals surface area contributed by atoms with Crippen molar-refractivity contribution < 1.29 is 0 Å². The Bertz CT molecular complexity index is 1840. The van der Waals surface area contributed by atoms with Crippen LogP contribution in [0.3, 0.4) is 0 Å². The summed E-state index contributed by atoms with van der Waals surface area (Å²) in [4.78, 5) is 5.05. The highest BCUT2D eigenvalue weighted by Gasteiger charge is 2.36. The van der Waals surface area contributed by atoms with Gasteiger partial charge in [-0.15, -0.1) is 0 Å². The third-order valence-electron chi connectivity index (χ3n) is 8.70. The van der Waals surface area contributed by atoms with Crippen LogP contribution in [0.1, 0.15) is 44.5 Å². The molecule has 2 heteroatoms. The third kappa shape index (κ3) is 2.45. The van der Waals surface area contributed by atoms with Crippen LogP contribution in [0.2, 0.25) is 0 Å². The summed E-state index contributed by atoms with van der Waals surface area (Å²) in [5.41, 5.74) is 19.8. The van der Waals surface area contributed by atoms with E-state index in [1.807, 2.05) is 0 Å². The van der Waals surface area contributed by atoms with Crippen LogP contribution in [-0.2, 0) is 19.3 Å². The predicted molar refractivity (Wildman–Crippen MR) is 152 cm³/mol. The number of benzene rings is 5. The number of hydrogen-bond acceptors (Lipinski definition) is 2. The van der Waals surface area contributed by atoms with Gasteiger partial charge in [0, 0.05) is 36.1 Å². The maximum absolute atomic E-state index is 4.51. The summed E-state index contributed by atoms with van der Waals surface area (Å²) < 4.78 is 0. The van der Waals surface area contributed by atoms with Crippen molar-refractivity contribution in [2.45, 2.75) is 19.3 Å². The van der Waals surface area contributed by atoms with E-state index in [9.17, 15) is 0 Å². The lowest BCUT2D eigenvalue weighted by Crippen LogP contribution is -2.27. The van der Waals surface area contributed by atoms with E-state index in [0.717, 1.165) is 24.8 Å². The van der Waals surface area contributed by atoms with Crippen LogP contribution >= 0.6 is 0 Å². The first kappa shape index (κ1) is 19.6. The summed E-state index contributed by atoms with van der Waals surface area (Å²) >= 11 is 0. The first-order valence-electron chi connectivity index (χ1n) is 13.1. The second-order valence-corrected chi connectivity index (χ2v) is 10.7. The Morgan fingerprint density at radius 2 is 0.973 bits per heavy atom. The number of para-hydroxylation sites is 4. The highest BCUT2D eigenvalue weighted by atomic mass is 15.2. The third-order valence-corrected chi connectivity index (χ3v) is 8.70. The van der Waals surface area contributed by atoms with Gasteiger partial charge in [0.25, 0.3) is 0 Å². The minimum Gasteiger partial charge on any atom is -0.309 e. The molecule has 2 nitrogen and oxygen atoms in total. The number of nitrogens with zero attached hydrogens (tertiary/aromatic N) is 2. The van der Waals surface area contributed by atoms with E-state index in [1.54, 1.807) is 0 Å². The van der Waals surface area contributed by atoms with Crippen LogP contribution in [0.15, 0.2) is 104 Å². The van der Waals surface area contributed by atoms with Crippen LogP contribution < -0.4 is 9.80 Å². The molecule has 0 atom stereocenters. The van der Waals surface area contributed by atoms with Gasteiger partial charge in [0.05, 0.1) is 28.4 Å². The molecule has 9 rings (SSSR count). The molecule has 4 aliphatic heterocycles. The average molecular weight is 473 g/mol. The highest BCUT2D eigenvalue weighted by molar-refractivity contribution is 6.04. The second-order valence-electron chi connectivity index (χ2n) is 10.7. The van der Waals surface area contributed by atoms with Gasteiger partial charge in [0.15, 0.2) is 0 Å². The average Bonchev–Trinajstić information content (AvgIpc) is 2.94. The van der Waals surface area contributed by atoms with Gasteiger partial charge in [-0.3, -0.25) is 0 Å². The highest BCUT2D eigenvalue weighted by Crippen LogP contribution is 2.57. The quantitative estimate of drug-likeness (QED) is 0.218. The Morgan fingerprint density at radius 3 is 1.76 bits per heavy atom. The molecule has 0 radical (unpaired) electrons. The van der Waals surface area contributed by atoms with E-state index in [-0.39, 0.29) is 0 Å². The van der Waals surface area contributed by atoms with Crippen LogP contribution in [0, 0.1) is 0 Å². The zero-order valence-electron chi connectivity index (χ0n) is 20.5. The van der Waals surface area contributed by atoms with E-state index in [4.69, 9.17) is 0 Å². The molecule has 0 saturated heterocycles. The first-order valence-corrected chi connectivity index (χ1v) is 13.1. The minimum absolute atomic E-state index is 0.946. The fourth-order valence-corrected chi connectivity index (χ4v) is 7.14. The Labute approximate surface area is 216 Å². The topological polar surface area (TPSA) is 6.48 Å². The van der Waals surface area contributed by atoms with E-state index in [0.29, 0.717) is 0 Å². The van der Waals surface area contributed by atoms with Gasteiger partial charge < -0.3 is 9.80 Å². The lowest BCUT2D eigenvalue weighted by Gasteiger charge is -2.43. The molecule has 0 bridgehead atoms. The van der Waals surface area contributed by atoms with Crippen molar-refractivity contribution in [3.8, 4) is 0 Å². The Morgan fingerprint density at radius 1 is 0.432 bits per heavy atom. The standard InChI is InChI=1S/C35H24N2/c1-21-28-12-3-5-15-31(28)37-33-20-32-26(19-27(33)18-25-11-7-13-29(21)35(25)37)17-24-10-6-9-23-16-22-8-2-4-14-30(22)36(32)34(23)24/h2-15,19-20H,1,16-18H2. The number of anilines is 6. The monoisotopic (exact) mass is 472 g/mol. The molecule has 5 aromatic rings. The number of fused-ring (bicyclic) bond motifs is 8. The normalized spacial score (nSPS) is 15.2. The molecule has 0 aliphatic carbocycles. The van der Waals surface area contributed by atoms with Crippen molar-refractivity contribution in [3.63, 3.8) is 0 Å². The lowest BCUT2D eigenvalue weighted by atomic mass is 9.82. The molecule has 0 saturated carbocycles. The van der Waals surface area contributed by atoms with Crippen molar-refractivity contribution in [2.24, 2.45) is 0 Å². The summed E-state index contributed by atoms with van der Waals surface area (Å²) in [6.07, 6.45) is 2.92. The molecule has 0 fully saturated rings. The lowest BCUT2D eigenvalue weighted by molar-refractivity contribution is 0.995. The second kappa shape index (κ2) is 6.80. The molecular formula is C35H24N2. The molecule has 0 amide bonds. The molecular weight excluding hydrogens is 448 g/mol. The van der Waals surface area contributed by atoms with Crippen molar-refractivity contribution in [2.75, 3.05) is 9.80 Å². The predicted octanol–water partition coefficient (Wildman–Crippen LogP) is 8.71. The molecule has 37 heavy (non-hydrogen) atoms. The van der Waals surface area contributed by atoms with E-state index in [2.05, 4.69) is 113 Å². The number of rotatable bonds is 0. The Hall–Kier alpha value is -4.56. The van der Waals surface area contributed by atoms with Crippen LogP contribution in [0.5, 0.6) is 0 Å². The van der Waals surface area contributed by atoms with Gasteiger partial charge in [-0.05, 0) is 57.2 Å². The molecule has 0 aromatic heterocycles. The van der Waals surface area contributed by atoms with Crippen molar-refractivity contribution >= 4 is 39.7 Å². The van der Waals surface area contributed by atoms with Gasteiger partial charge in [0.1, 0.15) is 0 Å². The molecule has 0 spiro atoms. The molecule has 0 N–H and O–H groups in total. The van der Waals surface area contributed by atoms with E-state index < -0.39 is 0 Å². The summed E-state index contributed by atoms with van der Waals surface area (Å²) in [5.74, 6) is 0. The van der Waals surface area contributed by atoms with Crippen LogP contribution in [-0.4, -0.2) is 0 Å². The molecule has 4 heterocycles. The smallest absolute Gasteiger partial charge is 0.0575 e. The number of hydrogen-bond donors (Lipinski definition) is 0. The van der Waals surface area contributed by atoms with E-state index >= 15 is 0 Å². The van der Waals surface area contributed by atoms with Crippen LogP contribution in [0.4, 0.5) is 34.1 Å². The Kier molecular flexibility index (Phi) is 3.61. The van der Waals surface area contributed by atoms with E-state index in [1.165, 1.54) is 78.6 Å². The molecule has 5 aromatic carbocycles. The SMILES string of the molecule is C=C1c2ccccc2N2c3cc4c(cc3Cc3cccc1c32)Cc1cccc2c1N4c1ccccc1C2. The summed E-state index contributed by atoms with van der Waals surface area (Å²) in [6, 6.07) is 36.2. The van der Waals surface area contributed by atoms with Crippen molar-refractivity contribution in [1.29, 1.82) is 0 Å². The molecule has 0 unspecified atom stereocenters. The maximum atomic E-state index is 4.51. The Balaban J connectivity index is 1.33. The summed E-state index contributed by atoms with van der Waals surface area (Å²) in [6.45, 7) is 4.51. The zero-order valence-corrected chi connectivity index (χ0v) is 20.5. The zero-order chi connectivity index (χ0) is 24.2. The van der Waals surface area contributed by atoms with Gasteiger partial charge >= 0.3 is 0 Å². The van der Waals surface area contributed by atoms with Crippen LogP contribution in [0.25, 0.3) is 5.57 Å². The molecule has 4 aliphatic rings. The summed E-state index contributed by atoms with van der Waals surface area (Å²) in [5, 5.41) is 0. The van der Waals surface area contributed by atoms with Gasteiger partial charge in [-0.2, -0.15) is 0 Å². The minimum atomic E-state index is 0.946. The largest absolute Gasteiger partial charge is 0.309 e. The van der Waals surface area contributed by atoms with Gasteiger partial charge in [-0.25, -0.2) is 0 Å². The fraction of sp³-hybridized carbons (Fsp3) is 0.0857. The molecule has 174 valence electrons. The summed E-state index contributed by atoms with van der Waals surface area (Å²) in [7, 11) is 0. The van der Waals surface area contributed by atoms with Crippen molar-refractivity contribution in [3.05, 3.63) is 148 Å². The van der Waals surface area contributed by atoms with Gasteiger partial charge in [-0.1, -0.05) is 85.4 Å². The van der Waals surface area contributed by atoms with Crippen molar-refractivity contribution in [1.82, 2.24) is 0 Å². The fourth-order valence-electron chi connectivity index (χ4n) is 7.14.